The van der Waals surface area contributed by atoms with Crippen molar-refractivity contribution in [1.29, 1.82) is 0 Å². The maximum atomic E-state index is 13.2. The number of fused-ring (bicyclic) bond motifs is 2. The molecule has 2 heterocycles. The van der Waals surface area contributed by atoms with Crippen molar-refractivity contribution < 1.29 is 73.2 Å². The van der Waals surface area contributed by atoms with Gasteiger partial charge >= 0.3 is 41.5 Å². The molecule has 1 unspecified atom stereocenters. The molecule has 0 bridgehead atoms. The minimum Gasteiger partial charge on any atom is -0.507 e. The fraction of sp³-hybridized carbons (Fsp3) is 0.220. The summed E-state index contributed by atoms with van der Waals surface area (Å²) in [6.07, 6.45) is -14.2. The normalized spacial score (nSPS) is 12.4. The Morgan fingerprint density at radius 1 is 0.627 bits per heavy atom. The van der Waals surface area contributed by atoms with E-state index in [0.717, 1.165) is 12.1 Å². The van der Waals surface area contributed by atoms with Crippen LogP contribution in [0, 0.1) is 0 Å². The average Bonchev–Trinajstić information content (AvgIpc) is 3.18. The molecule has 0 saturated heterocycles. The molecule has 1 atom stereocenters. The standard InChI is InChI=1S/C21H15F5O5.C20H15F3O5/c1-11(20(22,23)21(24,25)26)30-18(28)13-8-6-12(7-9-13)10-15-17(27)14-4-2-3-5-16(14)31-19(15)29;21-20(22,23)9-10-27-18(25)13-7-5-12(6-8-13)11-15-17(24)14-3-1-2-4-16(14)28-19(15)26/h2-9,11,27H,10H2,1H3;1-8,24H,9-11H2. The van der Waals surface area contributed by atoms with E-state index in [9.17, 15) is 64.5 Å². The Kier molecular flexibility index (Phi) is 12.8. The second-order valence-corrected chi connectivity index (χ2v) is 12.8. The molecule has 310 valence electrons. The van der Waals surface area contributed by atoms with Crippen LogP contribution in [0.15, 0.2) is 115 Å². The van der Waals surface area contributed by atoms with Crippen molar-refractivity contribution in [2.24, 2.45) is 0 Å². The lowest BCUT2D eigenvalue weighted by atomic mass is 10.0. The summed E-state index contributed by atoms with van der Waals surface area (Å²) in [6, 6.07) is 23.7. The maximum Gasteiger partial charge on any atom is 0.457 e. The molecule has 2 aromatic heterocycles. The summed E-state index contributed by atoms with van der Waals surface area (Å²) in [6.45, 7) is -0.308. The Hall–Kier alpha value is -6.72. The van der Waals surface area contributed by atoms with Gasteiger partial charge in [-0.3, -0.25) is 0 Å². The molecular weight excluding hydrogens is 804 g/mol. The summed E-state index contributed by atoms with van der Waals surface area (Å²) in [5.41, 5.74) is -0.0550. The van der Waals surface area contributed by atoms with Crippen molar-refractivity contribution in [3.63, 3.8) is 0 Å². The van der Waals surface area contributed by atoms with Crippen LogP contribution in [0.2, 0.25) is 0 Å². The van der Waals surface area contributed by atoms with Gasteiger partial charge in [-0.1, -0.05) is 48.5 Å². The molecule has 0 aliphatic heterocycles. The molecule has 6 rings (SSSR count). The van der Waals surface area contributed by atoms with Gasteiger partial charge in [0.1, 0.15) is 29.3 Å². The lowest BCUT2D eigenvalue weighted by molar-refractivity contribution is -0.309. The zero-order chi connectivity index (χ0) is 43.3. The van der Waals surface area contributed by atoms with Crippen molar-refractivity contribution >= 4 is 33.9 Å². The van der Waals surface area contributed by atoms with E-state index in [1.165, 1.54) is 42.5 Å². The van der Waals surface area contributed by atoms with E-state index in [1.807, 2.05) is 0 Å². The van der Waals surface area contributed by atoms with Crippen LogP contribution in [-0.4, -0.2) is 53.1 Å². The summed E-state index contributed by atoms with van der Waals surface area (Å²) in [5, 5.41) is 21.5. The highest BCUT2D eigenvalue weighted by Gasteiger charge is 2.62. The second kappa shape index (κ2) is 17.4. The van der Waals surface area contributed by atoms with Crippen LogP contribution in [0.3, 0.4) is 0 Å². The Labute approximate surface area is 326 Å². The van der Waals surface area contributed by atoms with Gasteiger partial charge in [-0.2, -0.15) is 35.1 Å². The van der Waals surface area contributed by atoms with E-state index in [0.29, 0.717) is 28.8 Å². The summed E-state index contributed by atoms with van der Waals surface area (Å²) in [5.74, 6) is -7.88. The minimum absolute atomic E-state index is 0.0348. The lowest BCUT2D eigenvalue weighted by Crippen LogP contribution is -2.47. The van der Waals surface area contributed by atoms with Crippen LogP contribution in [0.1, 0.15) is 56.3 Å². The maximum absolute atomic E-state index is 13.2. The lowest BCUT2D eigenvalue weighted by Gasteiger charge is -2.25. The zero-order valence-electron chi connectivity index (χ0n) is 30.3. The number of carbonyl (C=O) groups is 2. The van der Waals surface area contributed by atoms with E-state index >= 15 is 0 Å². The Bertz CT molecular complexity index is 2580. The van der Waals surface area contributed by atoms with Gasteiger partial charge in [0, 0.05) is 12.8 Å². The largest absolute Gasteiger partial charge is 0.507 e. The predicted molar refractivity (Wildman–Crippen MR) is 194 cm³/mol. The van der Waals surface area contributed by atoms with Gasteiger partial charge in [0.25, 0.3) is 0 Å². The molecular formula is C41H30F8O10. The number of esters is 2. The molecule has 0 saturated carbocycles. The number of carbonyl (C=O) groups excluding carboxylic acids is 2. The first-order valence-corrected chi connectivity index (χ1v) is 17.2. The number of para-hydroxylation sites is 2. The highest BCUT2D eigenvalue weighted by atomic mass is 19.4. The number of aromatic hydroxyl groups is 2. The molecule has 18 heteroatoms. The quantitative estimate of drug-likeness (QED) is 0.0777. The number of rotatable bonds is 10. The van der Waals surface area contributed by atoms with Gasteiger partial charge in [0.05, 0.1) is 39.4 Å². The van der Waals surface area contributed by atoms with E-state index < -0.39 is 60.6 Å². The molecule has 10 nitrogen and oxygen atoms in total. The van der Waals surface area contributed by atoms with Gasteiger partial charge in [-0.25, -0.2) is 19.2 Å². The summed E-state index contributed by atoms with van der Waals surface area (Å²) in [7, 11) is 0. The predicted octanol–water partition coefficient (Wildman–Crippen LogP) is 9.03. The van der Waals surface area contributed by atoms with E-state index in [2.05, 4.69) is 9.47 Å². The zero-order valence-corrected chi connectivity index (χ0v) is 30.3. The monoisotopic (exact) mass is 834 g/mol. The third-order valence-corrected chi connectivity index (χ3v) is 8.69. The summed E-state index contributed by atoms with van der Waals surface area (Å²) in [4.78, 5) is 48.0. The first-order valence-electron chi connectivity index (χ1n) is 17.2. The summed E-state index contributed by atoms with van der Waals surface area (Å²) >= 11 is 0. The molecule has 59 heavy (non-hydrogen) atoms. The molecule has 2 N–H and O–H groups in total. The second-order valence-electron chi connectivity index (χ2n) is 12.8. The molecule has 0 amide bonds. The third kappa shape index (κ3) is 10.4. The fourth-order valence-corrected chi connectivity index (χ4v) is 5.46. The number of hydrogen-bond acceptors (Lipinski definition) is 10. The fourth-order valence-electron chi connectivity index (χ4n) is 5.46. The van der Waals surface area contributed by atoms with Crippen LogP contribution in [0.5, 0.6) is 11.5 Å². The van der Waals surface area contributed by atoms with Gasteiger partial charge in [0.15, 0.2) is 6.10 Å². The van der Waals surface area contributed by atoms with Crippen LogP contribution >= 0.6 is 0 Å². The minimum atomic E-state index is -5.86. The number of benzene rings is 4. The van der Waals surface area contributed by atoms with Gasteiger partial charge in [0.2, 0.25) is 0 Å². The van der Waals surface area contributed by atoms with E-state index in [-0.39, 0.29) is 57.8 Å². The Morgan fingerprint density at radius 3 is 1.44 bits per heavy atom. The van der Waals surface area contributed by atoms with Crippen molar-refractivity contribution in [2.45, 2.75) is 50.6 Å². The van der Waals surface area contributed by atoms with Crippen LogP contribution < -0.4 is 11.3 Å². The number of hydrogen-bond donors (Lipinski definition) is 2. The molecule has 4 aromatic carbocycles. The number of halogens is 8. The summed E-state index contributed by atoms with van der Waals surface area (Å²) < 4.78 is 119. The van der Waals surface area contributed by atoms with Crippen molar-refractivity contribution in [1.82, 2.24) is 0 Å². The Morgan fingerprint density at radius 2 is 1.03 bits per heavy atom. The SMILES string of the molecule is CC(OC(=O)c1ccc(Cc2c(O)c3ccccc3oc2=O)cc1)C(F)(F)C(F)(F)F.O=C(OCCC(F)(F)F)c1ccc(Cc2c(O)c3ccccc3oc2=O)cc1. The number of alkyl halides is 8. The molecule has 6 aromatic rings. The van der Waals surface area contributed by atoms with Gasteiger partial charge < -0.3 is 28.5 Å². The molecule has 0 fully saturated rings. The Balaban J connectivity index is 0.000000225. The first-order chi connectivity index (χ1) is 27.7. The van der Waals surface area contributed by atoms with Crippen molar-refractivity contribution in [3.05, 3.63) is 151 Å². The van der Waals surface area contributed by atoms with Crippen molar-refractivity contribution in [2.75, 3.05) is 6.61 Å². The smallest absolute Gasteiger partial charge is 0.457 e. The highest BCUT2D eigenvalue weighted by Crippen LogP contribution is 2.39. The molecule has 0 radical (unpaired) electrons. The topological polar surface area (TPSA) is 153 Å². The van der Waals surface area contributed by atoms with E-state index in [1.54, 1.807) is 42.5 Å². The third-order valence-electron chi connectivity index (χ3n) is 8.69. The highest BCUT2D eigenvalue weighted by molar-refractivity contribution is 5.90. The average molecular weight is 835 g/mol. The first kappa shape index (κ1) is 43.4. The van der Waals surface area contributed by atoms with Crippen molar-refractivity contribution in [3.8, 4) is 11.5 Å². The molecule has 0 spiro atoms. The number of ether oxygens (including phenoxy) is 2. The molecule has 0 aliphatic rings. The van der Waals surface area contributed by atoms with Gasteiger partial charge in [-0.05, 0) is 66.6 Å². The van der Waals surface area contributed by atoms with Crippen LogP contribution in [0.25, 0.3) is 21.9 Å². The van der Waals surface area contributed by atoms with Crippen LogP contribution in [-0.2, 0) is 22.3 Å². The van der Waals surface area contributed by atoms with Gasteiger partial charge in [-0.15, -0.1) is 0 Å². The van der Waals surface area contributed by atoms with E-state index in [4.69, 9.17) is 8.83 Å². The molecule has 0 aliphatic carbocycles. The van der Waals surface area contributed by atoms with Crippen LogP contribution in [0.4, 0.5) is 35.1 Å².